The molecule has 0 aliphatic carbocycles. The largest absolute Gasteiger partial charge is 0.506 e. The number of nitrogens with zero attached hydrogens (tertiary/aromatic N) is 2. The molecule has 0 aliphatic heterocycles. The number of halogens is 2. The van der Waals surface area contributed by atoms with Gasteiger partial charge in [-0.3, -0.25) is 19.7 Å². The van der Waals surface area contributed by atoms with E-state index in [1.807, 2.05) is 0 Å². The van der Waals surface area contributed by atoms with Gasteiger partial charge in [-0.2, -0.15) is 5.10 Å². The van der Waals surface area contributed by atoms with Gasteiger partial charge in [0.25, 0.3) is 17.5 Å². The van der Waals surface area contributed by atoms with Gasteiger partial charge in [0.15, 0.2) is 0 Å². The van der Waals surface area contributed by atoms with Crippen LogP contribution in [-0.2, 0) is 4.79 Å². The fraction of sp³-hybridized carbons (Fsp3) is 0.0625. The number of carbonyl (C=O) groups excluding carboxylic acids is 2. The van der Waals surface area contributed by atoms with Gasteiger partial charge in [0.05, 0.1) is 22.2 Å². The van der Waals surface area contributed by atoms with Crippen molar-refractivity contribution in [1.82, 2.24) is 10.7 Å². The Kier molecular flexibility index (Phi) is 6.85. The van der Waals surface area contributed by atoms with E-state index in [2.05, 4.69) is 31.8 Å². The van der Waals surface area contributed by atoms with E-state index >= 15 is 0 Å². The van der Waals surface area contributed by atoms with Crippen LogP contribution in [0.25, 0.3) is 0 Å². The average molecular weight is 456 g/mol. The fourth-order valence-corrected chi connectivity index (χ4v) is 2.48. The zero-order valence-corrected chi connectivity index (χ0v) is 15.8. The van der Waals surface area contributed by atoms with Crippen molar-refractivity contribution in [3.8, 4) is 5.75 Å². The second-order valence-electron chi connectivity index (χ2n) is 5.11. The summed E-state index contributed by atoms with van der Waals surface area (Å²) in [7, 11) is 0. The first-order chi connectivity index (χ1) is 12.8. The Labute approximate surface area is 166 Å². The van der Waals surface area contributed by atoms with Gasteiger partial charge in [0.2, 0.25) is 0 Å². The van der Waals surface area contributed by atoms with Crippen LogP contribution in [0.2, 0.25) is 5.02 Å². The number of hydrogen-bond donors (Lipinski definition) is 3. The van der Waals surface area contributed by atoms with Gasteiger partial charge in [-0.15, -0.1) is 0 Å². The van der Waals surface area contributed by atoms with Crippen LogP contribution in [0.15, 0.2) is 46.0 Å². The zero-order valence-electron chi connectivity index (χ0n) is 13.5. The Hall–Kier alpha value is -2.98. The van der Waals surface area contributed by atoms with Crippen LogP contribution in [0.4, 0.5) is 5.69 Å². The number of nitro groups is 1. The van der Waals surface area contributed by atoms with Crippen molar-refractivity contribution in [1.29, 1.82) is 0 Å². The summed E-state index contributed by atoms with van der Waals surface area (Å²) in [4.78, 5) is 33.8. The highest BCUT2D eigenvalue weighted by Crippen LogP contribution is 2.31. The van der Waals surface area contributed by atoms with Crippen LogP contribution in [0.5, 0.6) is 5.75 Å². The molecule has 9 nitrogen and oxygen atoms in total. The first-order valence-corrected chi connectivity index (χ1v) is 8.47. The van der Waals surface area contributed by atoms with Gasteiger partial charge in [-0.05, 0) is 40.2 Å². The molecular weight excluding hydrogens is 444 g/mol. The topological polar surface area (TPSA) is 134 Å². The maximum absolute atomic E-state index is 11.9. The summed E-state index contributed by atoms with van der Waals surface area (Å²) in [5.41, 5.74) is 2.24. The monoisotopic (exact) mass is 454 g/mol. The number of aromatic hydroxyl groups is 1. The maximum Gasteiger partial charge on any atom is 0.271 e. The lowest BCUT2D eigenvalue weighted by Crippen LogP contribution is -2.34. The molecule has 2 aromatic carbocycles. The number of non-ortho nitro benzene ring substituents is 1. The number of carbonyl (C=O) groups is 2. The summed E-state index contributed by atoms with van der Waals surface area (Å²) in [5.74, 6) is -1.36. The Balaban J connectivity index is 1.92. The van der Waals surface area contributed by atoms with E-state index in [9.17, 15) is 24.8 Å². The third kappa shape index (κ3) is 5.76. The van der Waals surface area contributed by atoms with Gasteiger partial charge in [-0.25, -0.2) is 5.43 Å². The quantitative estimate of drug-likeness (QED) is 0.350. The molecule has 0 atom stereocenters. The van der Waals surface area contributed by atoms with E-state index in [0.29, 0.717) is 10.6 Å². The van der Waals surface area contributed by atoms with E-state index in [-0.39, 0.29) is 28.0 Å². The van der Waals surface area contributed by atoms with Gasteiger partial charge >= 0.3 is 0 Å². The van der Waals surface area contributed by atoms with E-state index < -0.39 is 16.7 Å². The van der Waals surface area contributed by atoms with Crippen LogP contribution in [0.1, 0.15) is 15.9 Å². The Morgan fingerprint density at radius 2 is 1.96 bits per heavy atom. The van der Waals surface area contributed by atoms with Crippen LogP contribution in [0, 0.1) is 10.1 Å². The molecule has 2 rings (SSSR count). The van der Waals surface area contributed by atoms with Gasteiger partial charge in [0.1, 0.15) is 5.75 Å². The molecule has 0 heterocycles. The third-order valence-electron chi connectivity index (χ3n) is 3.20. The zero-order chi connectivity index (χ0) is 20.0. The number of phenols is 1. The van der Waals surface area contributed by atoms with E-state index in [4.69, 9.17) is 11.6 Å². The molecule has 0 aliphatic rings. The van der Waals surface area contributed by atoms with Crippen molar-refractivity contribution < 1.29 is 19.6 Å². The summed E-state index contributed by atoms with van der Waals surface area (Å²) in [6.07, 6.45) is 1.05. The molecule has 0 radical (unpaired) electrons. The standard InChI is InChI=1S/C16H12BrClN4O5/c17-13-6-12(22(26)27)5-10(15(13)24)7-20-21-14(23)8-19-16(25)9-1-3-11(18)4-2-9/h1-7,24H,8H2,(H,19,25)(H,21,23)/b20-7+. The Morgan fingerprint density at radius 1 is 1.30 bits per heavy atom. The summed E-state index contributed by atoms with van der Waals surface area (Å²) >= 11 is 8.72. The number of rotatable bonds is 6. The second-order valence-corrected chi connectivity index (χ2v) is 6.40. The van der Waals surface area contributed by atoms with Crippen LogP contribution < -0.4 is 10.7 Å². The van der Waals surface area contributed by atoms with Crippen LogP contribution in [0.3, 0.4) is 0 Å². The van der Waals surface area contributed by atoms with E-state index in [1.54, 1.807) is 12.1 Å². The predicted octanol–water partition coefficient (Wildman–Crippen LogP) is 2.60. The number of nitro benzene ring substituents is 1. The minimum absolute atomic E-state index is 0.0292. The highest BCUT2D eigenvalue weighted by atomic mass is 79.9. The van der Waals surface area contributed by atoms with Crippen molar-refractivity contribution in [2.75, 3.05) is 6.54 Å². The fourth-order valence-electron chi connectivity index (χ4n) is 1.89. The van der Waals surface area contributed by atoms with Gasteiger partial charge in [-0.1, -0.05) is 11.6 Å². The minimum Gasteiger partial charge on any atom is -0.506 e. The first-order valence-electron chi connectivity index (χ1n) is 7.30. The van der Waals surface area contributed by atoms with E-state index in [1.165, 1.54) is 12.1 Å². The first kappa shape index (κ1) is 20.3. The Morgan fingerprint density at radius 3 is 2.59 bits per heavy atom. The Bertz CT molecular complexity index is 918. The maximum atomic E-state index is 11.9. The molecule has 0 bridgehead atoms. The van der Waals surface area contributed by atoms with E-state index in [0.717, 1.165) is 18.3 Å². The van der Waals surface area contributed by atoms with Crippen molar-refractivity contribution in [3.63, 3.8) is 0 Å². The molecule has 0 unspecified atom stereocenters. The molecule has 0 saturated carbocycles. The van der Waals surface area contributed by atoms with Crippen LogP contribution >= 0.6 is 27.5 Å². The molecule has 2 aromatic rings. The number of nitrogens with one attached hydrogen (secondary N) is 2. The predicted molar refractivity (Wildman–Crippen MR) is 102 cm³/mol. The van der Waals surface area contributed by atoms with Crippen molar-refractivity contribution >= 4 is 51.2 Å². The third-order valence-corrected chi connectivity index (χ3v) is 4.05. The summed E-state index contributed by atoms with van der Waals surface area (Å²) in [5, 5.41) is 27.2. The molecule has 11 heteroatoms. The average Bonchev–Trinajstić information content (AvgIpc) is 2.63. The molecule has 0 aromatic heterocycles. The lowest BCUT2D eigenvalue weighted by molar-refractivity contribution is -0.385. The smallest absolute Gasteiger partial charge is 0.271 e. The lowest BCUT2D eigenvalue weighted by Gasteiger charge is -2.05. The second kappa shape index (κ2) is 9.10. The summed E-state index contributed by atoms with van der Waals surface area (Å²) in [6, 6.07) is 8.35. The SMILES string of the molecule is O=C(CNC(=O)c1ccc(Cl)cc1)N/N=C/c1cc([N+](=O)[O-])cc(Br)c1O. The van der Waals surface area contributed by atoms with Crippen molar-refractivity contribution in [2.45, 2.75) is 0 Å². The number of amides is 2. The van der Waals surface area contributed by atoms with Gasteiger partial charge < -0.3 is 10.4 Å². The normalized spacial score (nSPS) is 10.6. The van der Waals surface area contributed by atoms with Crippen molar-refractivity contribution in [2.24, 2.45) is 5.10 Å². The molecular formula is C16H12BrClN4O5. The molecule has 140 valence electrons. The number of phenolic OH excluding ortho intramolecular Hbond substituents is 1. The lowest BCUT2D eigenvalue weighted by atomic mass is 10.2. The highest BCUT2D eigenvalue weighted by molar-refractivity contribution is 9.10. The molecule has 0 fully saturated rings. The number of hydrogen-bond acceptors (Lipinski definition) is 6. The highest BCUT2D eigenvalue weighted by Gasteiger charge is 2.14. The molecule has 0 saturated heterocycles. The summed E-state index contributed by atoms with van der Waals surface area (Å²) in [6.45, 7) is -0.344. The van der Waals surface area contributed by atoms with Gasteiger partial charge in [0, 0.05) is 28.3 Å². The molecule has 27 heavy (non-hydrogen) atoms. The van der Waals surface area contributed by atoms with Crippen LogP contribution in [-0.4, -0.2) is 34.6 Å². The molecule has 0 spiro atoms. The molecule has 3 N–H and O–H groups in total. The number of hydrazone groups is 1. The molecule has 2 amide bonds. The van der Waals surface area contributed by atoms with Crippen molar-refractivity contribution in [3.05, 3.63) is 67.1 Å². The number of benzene rings is 2. The minimum atomic E-state index is -0.633. The summed E-state index contributed by atoms with van der Waals surface area (Å²) < 4.78 is 0.111.